The Morgan fingerprint density at radius 2 is 2.08 bits per heavy atom. The second-order valence-corrected chi connectivity index (χ2v) is 3.38. The molecule has 0 saturated heterocycles. The van der Waals surface area contributed by atoms with Crippen LogP contribution in [0.1, 0.15) is 0 Å². The van der Waals surface area contributed by atoms with Crippen LogP contribution >= 0.6 is 15.9 Å². The van der Waals surface area contributed by atoms with Crippen LogP contribution in [-0.4, -0.2) is 4.98 Å². The van der Waals surface area contributed by atoms with Crippen LogP contribution < -0.4 is 0 Å². The van der Waals surface area contributed by atoms with E-state index in [9.17, 15) is 8.78 Å². The van der Waals surface area contributed by atoms with Crippen molar-refractivity contribution in [1.82, 2.24) is 4.98 Å². The van der Waals surface area contributed by atoms with Crippen molar-refractivity contribution in [1.29, 1.82) is 0 Å². The Morgan fingerprint density at radius 3 is 2.85 bits per heavy atom. The minimum absolute atomic E-state index is 0.133. The summed E-state index contributed by atoms with van der Waals surface area (Å²) < 4.78 is 26.2. The summed E-state index contributed by atoms with van der Waals surface area (Å²) in [6.07, 6.45) is 2.89. The highest BCUT2D eigenvalue weighted by atomic mass is 79.9. The highest BCUT2D eigenvalue weighted by Gasteiger charge is 2.10. The van der Waals surface area contributed by atoms with Gasteiger partial charge in [0.15, 0.2) is 0 Å². The van der Waals surface area contributed by atoms with Gasteiger partial charge in [0.05, 0.1) is 4.47 Å². The molecule has 0 atom stereocenters. The summed E-state index contributed by atoms with van der Waals surface area (Å²) in [6.45, 7) is 0. The summed E-state index contributed by atoms with van der Waals surface area (Å²) in [5, 5.41) is 0.823. The maximum Gasteiger partial charge on any atom is 0.148 e. The quantitative estimate of drug-likeness (QED) is 0.648. The molecule has 1 aromatic carbocycles. The maximum atomic E-state index is 13.3. The zero-order valence-corrected chi connectivity index (χ0v) is 7.98. The Balaban J connectivity index is 2.94. The summed E-state index contributed by atoms with van der Waals surface area (Å²) >= 11 is 2.83. The summed E-state index contributed by atoms with van der Waals surface area (Å²) in [5.41, 5.74) is 0. The molecular formula is C9H4BrF2N. The summed E-state index contributed by atoms with van der Waals surface area (Å²) in [7, 11) is 0. The number of hydrogen-bond donors (Lipinski definition) is 0. The highest BCUT2D eigenvalue weighted by molar-refractivity contribution is 9.10. The molecule has 66 valence electrons. The predicted molar refractivity (Wildman–Crippen MR) is 49.4 cm³/mol. The zero-order chi connectivity index (χ0) is 9.42. The van der Waals surface area contributed by atoms with Gasteiger partial charge in [-0.25, -0.2) is 8.78 Å². The van der Waals surface area contributed by atoms with Crippen molar-refractivity contribution in [3.8, 4) is 0 Å². The van der Waals surface area contributed by atoms with E-state index in [-0.39, 0.29) is 4.47 Å². The first-order valence-corrected chi connectivity index (χ1v) is 4.36. The lowest BCUT2D eigenvalue weighted by Gasteiger charge is -2.01. The minimum Gasteiger partial charge on any atom is -0.264 e. The largest absolute Gasteiger partial charge is 0.264 e. The van der Waals surface area contributed by atoms with Crippen LogP contribution in [0, 0.1) is 11.6 Å². The molecule has 0 saturated carbocycles. The van der Waals surface area contributed by atoms with Gasteiger partial charge in [-0.1, -0.05) is 0 Å². The fourth-order valence-electron chi connectivity index (χ4n) is 1.14. The van der Waals surface area contributed by atoms with Crippen molar-refractivity contribution < 1.29 is 8.78 Å². The van der Waals surface area contributed by atoms with Crippen LogP contribution in [0.25, 0.3) is 10.8 Å². The molecule has 0 aliphatic rings. The van der Waals surface area contributed by atoms with Gasteiger partial charge in [0.2, 0.25) is 0 Å². The molecular weight excluding hydrogens is 240 g/mol. The van der Waals surface area contributed by atoms with E-state index in [0.717, 1.165) is 0 Å². The van der Waals surface area contributed by atoms with Gasteiger partial charge in [0, 0.05) is 23.2 Å². The highest BCUT2D eigenvalue weighted by Crippen LogP contribution is 2.26. The van der Waals surface area contributed by atoms with Gasteiger partial charge in [-0.15, -0.1) is 0 Å². The van der Waals surface area contributed by atoms with Gasteiger partial charge in [0.1, 0.15) is 11.6 Å². The fraction of sp³-hybridized carbons (Fsp3) is 0. The van der Waals surface area contributed by atoms with Crippen LogP contribution in [0.2, 0.25) is 0 Å². The van der Waals surface area contributed by atoms with Crippen LogP contribution in [0.3, 0.4) is 0 Å². The predicted octanol–water partition coefficient (Wildman–Crippen LogP) is 3.28. The number of benzene rings is 1. The van der Waals surface area contributed by atoms with E-state index in [1.807, 2.05) is 0 Å². The molecule has 2 aromatic rings. The molecule has 0 radical (unpaired) electrons. The summed E-state index contributed by atoms with van der Waals surface area (Å²) in [4.78, 5) is 3.78. The smallest absolute Gasteiger partial charge is 0.148 e. The molecule has 1 aromatic heterocycles. The van der Waals surface area contributed by atoms with E-state index in [4.69, 9.17) is 0 Å². The van der Waals surface area contributed by atoms with Crippen LogP contribution in [0.5, 0.6) is 0 Å². The molecule has 0 amide bonds. The molecule has 0 aliphatic carbocycles. The first kappa shape index (κ1) is 8.56. The SMILES string of the molecule is Fc1cc2cnccc2c(F)c1Br. The Morgan fingerprint density at radius 1 is 1.31 bits per heavy atom. The zero-order valence-electron chi connectivity index (χ0n) is 6.39. The Bertz CT molecular complexity index is 470. The number of nitrogens with zero attached hydrogens (tertiary/aromatic N) is 1. The topological polar surface area (TPSA) is 12.9 Å². The Kier molecular flexibility index (Phi) is 2.00. The first-order valence-electron chi connectivity index (χ1n) is 3.57. The van der Waals surface area contributed by atoms with Crippen molar-refractivity contribution in [2.75, 3.05) is 0 Å². The third kappa shape index (κ3) is 1.31. The number of halogens is 3. The molecule has 4 heteroatoms. The van der Waals surface area contributed by atoms with Crippen LogP contribution in [0.4, 0.5) is 8.78 Å². The number of fused-ring (bicyclic) bond motifs is 1. The molecule has 1 heterocycles. The van der Waals surface area contributed by atoms with Gasteiger partial charge in [-0.3, -0.25) is 4.98 Å². The Labute approximate surface area is 81.5 Å². The number of aromatic nitrogens is 1. The number of rotatable bonds is 0. The van der Waals surface area contributed by atoms with Gasteiger partial charge >= 0.3 is 0 Å². The van der Waals surface area contributed by atoms with Crippen LogP contribution in [-0.2, 0) is 0 Å². The maximum absolute atomic E-state index is 13.3. The average Bonchev–Trinajstić information content (AvgIpc) is 2.15. The minimum atomic E-state index is -0.613. The third-order valence-electron chi connectivity index (χ3n) is 1.77. The third-order valence-corrected chi connectivity index (χ3v) is 2.50. The molecule has 0 unspecified atom stereocenters. The molecule has 13 heavy (non-hydrogen) atoms. The van der Waals surface area contributed by atoms with E-state index < -0.39 is 11.6 Å². The molecule has 0 spiro atoms. The second kappa shape index (κ2) is 3.03. The van der Waals surface area contributed by atoms with Gasteiger partial charge in [0.25, 0.3) is 0 Å². The van der Waals surface area contributed by atoms with Crippen molar-refractivity contribution in [3.05, 3.63) is 40.6 Å². The lowest BCUT2D eigenvalue weighted by molar-refractivity contribution is 0.580. The van der Waals surface area contributed by atoms with E-state index >= 15 is 0 Å². The van der Waals surface area contributed by atoms with E-state index in [1.54, 1.807) is 0 Å². The monoisotopic (exact) mass is 243 g/mol. The molecule has 0 N–H and O–H groups in total. The summed E-state index contributed by atoms with van der Waals surface area (Å²) in [5.74, 6) is -1.20. The molecule has 0 aliphatic heterocycles. The van der Waals surface area contributed by atoms with E-state index in [0.29, 0.717) is 10.8 Å². The lowest BCUT2D eigenvalue weighted by atomic mass is 10.2. The van der Waals surface area contributed by atoms with Crippen LogP contribution in [0.15, 0.2) is 29.0 Å². The van der Waals surface area contributed by atoms with Crippen molar-refractivity contribution >= 4 is 26.7 Å². The first-order chi connectivity index (χ1) is 6.20. The normalized spacial score (nSPS) is 10.7. The van der Waals surface area contributed by atoms with Gasteiger partial charge in [-0.2, -0.15) is 0 Å². The molecule has 0 bridgehead atoms. The number of hydrogen-bond acceptors (Lipinski definition) is 1. The van der Waals surface area contributed by atoms with Crippen molar-refractivity contribution in [2.24, 2.45) is 0 Å². The van der Waals surface area contributed by atoms with Crippen molar-refractivity contribution in [2.45, 2.75) is 0 Å². The number of pyridine rings is 1. The molecule has 2 rings (SSSR count). The second-order valence-electron chi connectivity index (χ2n) is 2.58. The lowest BCUT2D eigenvalue weighted by Crippen LogP contribution is -1.87. The van der Waals surface area contributed by atoms with E-state index in [2.05, 4.69) is 20.9 Å². The van der Waals surface area contributed by atoms with Crippen molar-refractivity contribution in [3.63, 3.8) is 0 Å². The average molecular weight is 244 g/mol. The molecule has 0 fully saturated rings. The van der Waals surface area contributed by atoms with Gasteiger partial charge < -0.3 is 0 Å². The standard InChI is InChI=1S/C9H4BrF2N/c10-8-7(11)3-5-4-13-2-1-6(5)9(8)12/h1-4H. The van der Waals surface area contributed by atoms with Gasteiger partial charge in [-0.05, 0) is 28.1 Å². The summed E-state index contributed by atoms with van der Waals surface area (Å²) in [6, 6.07) is 2.75. The van der Waals surface area contributed by atoms with E-state index in [1.165, 1.54) is 24.5 Å². The fourth-order valence-corrected chi connectivity index (χ4v) is 1.47. The Hall–Kier alpha value is -1.03. The molecule has 1 nitrogen and oxygen atoms in total.